The molecule has 162 valence electrons. The van der Waals surface area contributed by atoms with Crippen molar-refractivity contribution in [2.45, 2.75) is 0 Å². The van der Waals surface area contributed by atoms with Gasteiger partial charge in [-0.3, -0.25) is 4.79 Å². The number of nitrogens with zero attached hydrogens (tertiary/aromatic N) is 4. The van der Waals surface area contributed by atoms with E-state index in [1.54, 1.807) is 30.5 Å². The third-order valence-corrected chi connectivity index (χ3v) is 5.45. The molecule has 0 unspecified atom stereocenters. The van der Waals surface area contributed by atoms with Gasteiger partial charge in [-0.25, -0.2) is 9.97 Å². The summed E-state index contributed by atoms with van der Waals surface area (Å²) < 4.78 is 5.91. The monoisotopic (exact) mass is 436 g/mol. The van der Waals surface area contributed by atoms with Crippen molar-refractivity contribution in [2.75, 3.05) is 23.3 Å². The van der Waals surface area contributed by atoms with Crippen molar-refractivity contribution in [1.82, 2.24) is 15.0 Å². The lowest BCUT2D eigenvalue weighted by atomic mass is 9.99. The molecule has 1 amide bonds. The zero-order valence-corrected chi connectivity index (χ0v) is 17.7. The van der Waals surface area contributed by atoms with Crippen LogP contribution in [0.1, 0.15) is 0 Å². The Hall–Kier alpha value is -4.64. The summed E-state index contributed by atoms with van der Waals surface area (Å²) in [5, 5.41) is 11.7. The van der Waals surface area contributed by atoms with Crippen molar-refractivity contribution in [3.63, 3.8) is 0 Å². The second-order valence-electron chi connectivity index (χ2n) is 7.71. The molecule has 2 aromatic heterocycles. The number of carbonyl (C=O) groups excluding carboxylic acids is 1. The van der Waals surface area contributed by atoms with E-state index in [1.165, 1.54) is 6.08 Å². The molecule has 0 saturated carbocycles. The van der Waals surface area contributed by atoms with E-state index in [0.717, 1.165) is 29.9 Å². The Balaban J connectivity index is 1.41. The number of nitrogens with one attached hydrogen (secondary N) is 2. The number of aromatic nitrogens is 3. The molecule has 1 aliphatic rings. The van der Waals surface area contributed by atoms with Crippen LogP contribution in [0.2, 0.25) is 0 Å². The number of H-pyrrole nitrogens is 1. The summed E-state index contributed by atoms with van der Waals surface area (Å²) in [4.78, 5) is 26.0. The van der Waals surface area contributed by atoms with Crippen LogP contribution in [-0.4, -0.2) is 33.9 Å². The maximum absolute atomic E-state index is 11.5. The van der Waals surface area contributed by atoms with Gasteiger partial charge < -0.3 is 19.9 Å². The highest BCUT2D eigenvalue weighted by Gasteiger charge is 2.26. The summed E-state index contributed by atoms with van der Waals surface area (Å²) in [6, 6.07) is 17.5. The minimum atomic E-state index is -0.297. The summed E-state index contributed by atoms with van der Waals surface area (Å²) in [6.07, 6.45) is 4.64. The Morgan fingerprint density at radius 3 is 2.94 bits per heavy atom. The van der Waals surface area contributed by atoms with Crippen LogP contribution >= 0.6 is 0 Å². The smallest absolute Gasteiger partial charge is 0.247 e. The first-order chi connectivity index (χ1) is 16.1. The van der Waals surface area contributed by atoms with E-state index >= 15 is 0 Å². The van der Waals surface area contributed by atoms with Gasteiger partial charge in [0.2, 0.25) is 11.8 Å². The maximum Gasteiger partial charge on any atom is 0.247 e. The number of hydrogen-bond donors (Lipinski definition) is 2. The third kappa shape index (κ3) is 4.12. The quantitative estimate of drug-likeness (QED) is 0.431. The Morgan fingerprint density at radius 1 is 1.27 bits per heavy atom. The normalized spacial score (nSPS) is 13.2. The van der Waals surface area contributed by atoms with Gasteiger partial charge in [0.15, 0.2) is 5.65 Å². The minimum absolute atomic E-state index is 0.0934. The molecule has 8 heteroatoms. The number of amides is 1. The Labute approximate surface area is 190 Å². The van der Waals surface area contributed by atoms with E-state index in [-0.39, 0.29) is 11.8 Å². The predicted molar refractivity (Wildman–Crippen MR) is 126 cm³/mol. The molecule has 1 saturated heterocycles. The molecular weight excluding hydrogens is 416 g/mol. The molecule has 1 aliphatic heterocycles. The average molecular weight is 436 g/mol. The van der Waals surface area contributed by atoms with Gasteiger partial charge >= 0.3 is 0 Å². The first kappa shape index (κ1) is 20.3. The molecular formula is C25H20N6O2. The predicted octanol–water partition coefficient (Wildman–Crippen LogP) is 4.50. The summed E-state index contributed by atoms with van der Waals surface area (Å²) in [5.41, 5.74) is 4.93. The maximum atomic E-state index is 11.5. The molecule has 1 fully saturated rings. The van der Waals surface area contributed by atoms with Crippen molar-refractivity contribution in [3.05, 3.63) is 73.6 Å². The molecule has 0 aliphatic carbocycles. The second kappa shape index (κ2) is 8.48. The van der Waals surface area contributed by atoms with Gasteiger partial charge in [-0.05, 0) is 35.9 Å². The molecule has 8 nitrogen and oxygen atoms in total. The zero-order chi connectivity index (χ0) is 22.8. The van der Waals surface area contributed by atoms with Crippen molar-refractivity contribution < 1.29 is 9.53 Å². The van der Waals surface area contributed by atoms with Gasteiger partial charge in [0.05, 0.1) is 18.2 Å². The summed E-state index contributed by atoms with van der Waals surface area (Å²) in [5.74, 6) is 0.658. The molecule has 0 atom stereocenters. The largest absolute Gasteiger partial charge is 0.437 e. The van der Waals surface area contributed by atoms with Crippen molar-refractivity contribution in [2.24, 2.45) is 5.92 Å². The highest BCUT2D eigenvalue weighted by Crippen LogP contribution is 2.33. The molecule has 5 rings (SSSR count). The van der Waals surface area contributed by atoms with Gasteiger partial charge in [-0.2, -0.15) is 5.26 Å². The Bertz CT molecular complexity index is 1400. The molecule has 0 spiro atoms. The molecule has 2 N–H and O–H groups in total. The average Bonchev–Trinajstić information content (AvgIpc) is 3.22. The lowest BCUT2D eigenvalue weighted by Gasteiger charge is -2.37. The van der Waals surface area contributed by atoms with Crippen LogP contribution in [0.3, 0.4) is 0 Å². The second-order valence-corrected chi connectivity index (χ2v) is 7.71. The fourth-order valence-electron chi connectivity index (χ4n) is 3.74. The lowest BCUT2D eigenvalue weighted by Crippen LogP contribution is -2.45. The van der Waals surface area contributed by atoms with E-state index in [1.807, 2.05) is 24.4 Å². The van der Waals surface area contributed by atoms with Crippen molar-refractivity contribution in [1.29, 1.82) is 5.26 Å². The number of aromatic amines is 1. The number of ether oxygens (including phenoxy) is 1. The summed E-state index contributed by atoms with van der Waals surface area (Å²) in [7, 11) is 0. The molecule has 2 aromatic carbocycles. The van der Waals surface area contributed by atoms with Gasteiger partial charge in [0.25, 0.3) is 0 Å². The van der Waals surface area contributed by atoms with Crippen LogP contribution in [0.15, 0.2) is 73.6 Å². The summed E-state index contributed by atoms with van der Waals surface area (Å²) >= 11 is 0. The van der Waals surface area contributed by atoms with Crippen LogP contribution in [0.25, 0.3) is 22.3 Å². The third-order valence-electron chi connectivity index (χ3n) is 5.45. The Morgan fingerprint density at radius 2 is 2.12 bits per heavy atom. The molecule has 0 radical (unpaired) electrons. The van der Waals surface area contributed by atoms with Crippen LogP contribution < -0.4 is 15.0 Å². The summed E-state index contributed by atoms with van der Waals surface area (Å²) in [6.45, 7) is 4.95. The van der Waals surface area contributed by atoms with Crippen LogP contribution in [0.4, 0.5) is 11.4 Å². The zero-order valence-electron chi connectivity index (χ0n) is 17.7. The fraction of sp³-hybridized carbons (Fsp3) is 0.120. The molecule has 3 heterocycles. The van der Waals surface area contributed by atoms with E-state index in [0.29, 0.717) is 28.5 Å². The number of anilines is 2. The van der Waals surface area contributed by atoms with Crippen molar-refractivity contribution in [3.8, 4) is 28.8 Å². The first-order valence-corrected chi connectivity index (χ1v) is 10.4. The SMILES string of the molecule is C=CC(=O)Nc1cccc(Oc2cnc3[nH]cc(-c4cccc(N5CC(C#N)C5)c4)c3n2)c1. The lowest BCUT2D eigenvalue weighted by molar-refractivity contribution is -0.111. The number of fused-ring (bicyclic) bond motifs is 1. The fourth-order valence-corrected chi connectivity index (χ4v) is 3.74. The van der Waals surface area contributed by atoms with Crippen LogP contribution in [0.5, 0.6) is 11.6 Å². The van der Waals surface area contributed by atoms with Gasteiger partial charge in [0, 0.05) is 42.3 Å². The van der Waals surface area contributed by atoms with Crippen LogP contribution in [-0.2, 0) is 4.79 Å². The molecule has 4 aromatic rings. The number of benzene rings is 2. The number of rotatable bonds is 6. The number of hydrogen-bond acceptors (Lipinski definition) is 6. The highest BCUT2D eigenvalue weighted by atomic mass is 16.5. The molecule has 0 bridgehead atoms. The topological polar surface area (TPSA) is 107 Å². The Kier molecular flexibility index (Phi) is 5.21. The highest BCUT2D eigenvalue weighted by molar-refractivity contribution is 5.99. The number of carbonyl (C=O) groups is 1. The van der Waals surface area contributed by atoms with Crippen LogP contribution in [0, 0.1) is 17.2 Å². The van der Waals surface area contributed by atoms with Gasteiger partial charge in [0.1, 0.15) is 11.3 Å². The van der Waals surface area contributed by atoms with E-state index in [2.05, 4.69) is 43.9 Å². The van der Waals surface area contributed by atoms with E-state index in [9.17, 15) is 4.79 Å². The molecule has 33 heavy (non-hydrogen) atoms. The standard InChI is InChI=1S/C25H20N6O2/c1-2-22(32)29-18-6-4-8-20(10-18)33-23-13-28-25-24(30-23)21(12-27-25)17-5-3-7-19(9-17)31-14-16(11-26)15-31/h2-10,12-13,16H,1,14-15H2,(H,27,28)(H,29,32). The first-order valence-electron chi connectivity index (χ1n) is 10.4. The van der Waals surface area contributed by atoms with E-state index < -0.39 is 0 Å². The number of nitriles is 1. The van der Waals surface area contributed by atoms with Crippen molar-refractivity contribution >= 4 is 28.4 Å². The van der Waals surface area contributed by atoms with E-state index in [4.69, 9.17) is 10.00 Å². The minimum Gasteiger partial charge on any atom is -0.437 e. The van der Waals surface area contributed by atoms with Gasteiger partial charge in [-0.1, -0.05) is 24.8 Å². The van der Waals surface area contributed by atoms with Gasteiger partial charge in [-0.15, -0.1) is 0 Å².